The first kappa shape index (κ1) is 22.2. The summed E-state index contributed by atoms with van der Waals surface area (Å²) in [7, 11) is -4.27. The summed E-state index contributed by atoms with van der Waals surface area (Å²) in [5.41, 5.74) is -0.168. The molecule has 0 saturated heterocycles. The van der Waals surface area contributed by atoms with Gasteiger partial charge in [0.05, 0.1) is 28.7 Å². The molecule has 9 nitrogen and oxygen atoms in total. The molecule has 0 aliphatic heterocycles. The van der Waals surface area contributed by atoms with Crippen LogP contribution in [0.15, 0.2) is 53.4 Å². The second-order valence-electron chi connectivity index (χ2n) is 5.91. The fourth-order valence-electron chi connectivity index (χ4n) is 2.45. The minimum absolute atomic E-state index is 0.0906. The van der Waals surface area contributed by atoms with Crippen molar-refractivity contribution in [2.45, 2.75) is 25.2 Å². The van der Waals surface area contributed by atoms with Gasteiger partial charge in [0.25, 0.3) is 15.7 Å². The summed E-state index contributed by atoms with van der Waals surface area (Å²) in [4.78, 5) is 22.1. The lowest BCUT2D eigenvalue weighted by Crippen LogP contribution is -2.36. The van der Waals surface area contributed by atoms with Gasteiger partial charge in [0.15, 0.2) is 0 Å². The van der Waals surface area contributed by atoms with E-state index in [1.54, 1.807) is 19.1 Å². The molecule has 0 aliphatic carbocycles. The van der Waals surface area contributed by atoms with Crippen molar-refractivity contribution in [2.75, 3.05) is 24.1 Å². The van der Waals surface area contributed by atoms with Crippen LogP contribution in [0.2, 0.25) is 0 Å². The molecule has 2 aromatic carbocycles. The minimum Gasteiger partial charge on any atom is -0.494 e. The molecule has 0 aliphatic rings. The van der Waals surface area contributed by atoms with Crippen molar-refractivity contribution in [1.29, 1.82) is 0 Å². The van der Waals surface area contributed by atoms with E-state index in [1.165, 1.54) is 30.3 Å². The van der Waals surface area contributed by atoms with Crippen molar-refractivity contribution in [3.63, 3.8) is 0 Å². The Labute approximate surface area is 169 Å². The Morgan fingerprint density at radius 2 is 1.83 bits per heavy atom. The number of benzene rings is 2. The van der Waals surface area contributed by atoms with Crippen molar-refractivity contribution < 1.29 is 27.6 Å². The van der Waals surface area contributed by atoms with Crippen molar-refractivity contribution in [3.05, 3.63) is 58.6 Å². The van der Waals surface area contributed by atoms with Crippen LogP contribution in [0.1, 0.15) is 20.3 Å². The molecule has 29 heavy (non-hydrogen) atoms. The van der Waals surface area contributed by atoms with Crippen LogP contribution < -0.4 is 9.04 Å². The Hall–Kier alpha value is -3.14. The zero-order valence-electron chi connectivity index (χ0n) is 16.1. The van der Waals surface area contributed by atoms with Crippen LogP contribution in [0.3, 0.4) is 0 Å². The summed E-state index contributed by atoms with van der Waals surface area (Å²) in [6, 6.07) is 10.8. The van der Waals surface area contributed by atoms with Crippen molar-refractivity contribution in [3.8, 4) is 5.75 Å². The van der Waals surface area contributed by atoms with Gasteiger partial charge in [-0.1, -0.05) is 13.0 Å². The van der Waals surface area contributed by atoms with E-state index < -0.39 is 27.5 Å². The lowest BCUT2D eigenvalue weighted by atomic mass is 10.3. The molecule has 0 heterocycles. The number of carbonyl (C=O) groups excluding carboxylic acids is 1. The number of hydrogen-bond acceptors (Lipinski definition) is 7. The van der Waals surface area contributed by atoms with Gasteiger partial charge in [-0.3, -0.25) is 19.2 Å². The predicted molar refractivity (Wildman–Crippen MR) is 106 cm³/mol. The number of anilines is 1. The highest BCUT2D eigenvalue weighted by molar-refractivity contribution is 7.92. The first-order valence-corrected chi connectivity index (χ1v) is 10.4. The smallest absolute Gasteiger partial charge is 0.326 e. The molecule has 0 fully saturated rings. The van der Waals surface area contributed by atoms with E-state index in [2.05, 4.69) is 0 Å². The maximum atomic E-state index is 13.2. The van der Waals surface area contributed by atoms with Crippen molar-refractivity contribution >= 4 is 27.4 Å². The Balaban J connectivity index is 2.45. The lowest BCUT2D eigenvalue weighted by Gasteiger charge is -2.23. The molecule has 0 spiro atoms. The fraction of sp³-hybridized carbons (Fsp3) is 0.316. The van der Waals surface area contributed by atoms with Crippen LogP contribution in [0, 0.1) is 10.1 Å². The molecule has 10 heteroatoms. The molecule has 0 unspecified atom stereocenters. The van der Waals surface area contributed by atoms with Crippen LogP contribution >= 0.6 is 0 Å². The highest BCUT2D eigenvalue weighted by Crippen LogP contribution is 2.27. The highest BCUT2D eigenvalue weighted by Gasteiger charge is 2.29. The number of esters is 1. The first-order chi connectivity index (χ1) is 13.8. The second-order valence-corrected chi connectivity index (χ2v) is 7.78. The Morgan fingerprint density at radius 1 is 1.14 bits per heavy atom. The fourth-order valence-corrected chi connectivity index (χ4v) is 3.90. The number of rotatable bonds is 10. The number of sulfonamides is 1. The molecule has 2 rings (SSSR count). The van der Waals surface area contributed by atoms with Crippen LogP contribution in [-0.4, -0.2) is 39.1 Å². The van der Waals surface area contributed by atoms with E-state index in [0.29, 0.717) is 12.4 Å². The first-order valence-electron chi connectivity index (χ1n) is 8.95. The molecular formula is C19H22N2O7S. The molecule has 0 aromatic heterocycles. The van der Waals surface area contributed by atoms with Gasteiger partial charge in [0, 0.05) is 12.1 Å². The summed E-state index contributed by atoms with van der Waals surface area (Å²) >= 11 is 0. The number of carbonyl (C=O) groups is 1. The highest BCUT2D eigenvalue weighted by atomic mass is 32.2. The molecule has 0 atom stereocenters. The largest absolute Gasteiger partial charge is 0.494 e. The zero-order valence-corrected chi connectivity index (χ0v) is 16.9. The number of nitrogens with zero attached hydrogens (tertiary/aromatic N) is 2. The molecular weight excluding hydrogens is 400 g/mol. The monoisotopic (exact) mass is 422 g/mol. The van der Waals surface area contributed by atoms with Gasteiger partial charge in [-0.25, -0.2) is 8.42 Å². The van der Waals surface area contributed by atoms with E-state index in [1.807, 2.05) is 6.92 Å². The van der Waals surface area contributed by atoms with Crippen LogP contribution in [0.5, 0.6) is 5.75 Å². The second kappa shape index (κ2) is 9.87. The van der Waals surface area contributed by atoms with E-state index in [4.69, 9.17) is 9.47 Å². The molecule has 0 bridgehead atoms. The summed E-state index contributed by atoms with van der Waals surface area (Å²) in [5.74, 6) is -0.188. The summed E-state index contributed by atoms with van der Waals surface area (Å²) < 4.78 is 37.6. The van der Waals surface area contributed by atoms with Crippen molar-refractivity contribution in [2.24, 2.45) is 0 Å². The maximum absolute atomic E-state index is 13.2. The van der Waals surface area contributed by atoms with Gasteiger partial charge in [0.2, 0.25) is 0 Å². The van der Waals surface area contributed by atoms with Gasteiger partial charge in [-0.15, -0.1) is 0 Å². The average Bonchev–Trinajstić information content (AvgIpc) is 2.71. The molecule has 0 amide bonds. The number of ether oxygens (including phenoxy) is 2. The number of nitro groups is 1. The van der Waals surface area contributed by atoms with E-state index in [0.717, 1.165) is 16.8 Å². The summed E-state index contributed by atoms with van der Waals surface area (Å²) in [5, 5.41) is 11.0. The van der Waals surface area contributed by atoms with Crippen LogP contribution in [0.4, 0.5) is 11.4 Å². The number of non-ortho nitro benzene ring substituents is 1. The molecule has 0 N–H and O–H groups in total. The Morgan fingerprint density at radius 3 is 2.41 bits per heavy atom. The summed E-state index contributed by atoms with van der Waals surface area (Å²) in [6.45, 7) is 3.59. The lowest BCUT2D eigenvalue weighted by molar-refractivity contribution is -0.385. The number of nitro benzene ring substituents is 1. The predicted octanol–water partition coefficient (Wildman–Crippen LogP) is 3.14. The average molecular weight is 422 g/mol. The third-order valence-electron chi connectivity index (χ3n) is 3.79. The normalized spacial score (nSPS) is 11.0. The van der Waals surface area contributed by atoms with Crippen LogP contribution in [0.25, 0.3) is 0 Å². The third-order valence-corrected chi connectivity index (χ3v) is 5.56. The third kappa shape index (κ3) is 5.67. The van der Waals surface area contributed by atoms with Gasteiger partial charge >= 0.3 is 5.97 Å². The Kier molecular flexibility index (Phi) is 7.54. The van der Waals surface area contributed by atoms with Gasteiger partial charge < -0.3 is 9.47 Å². The van der Waals surface area contributed by atoms with Gasteiger partial charge in [-0.2, -0.15) is 0 Å². The minimum atomic E-state index is -4.27. The van der Waals surface area contributed by atoms with E-state index in [9.17, 15) is 23.3 Å². The zero-order chi connectivity index (χ0) is 21.4. The van der Waals surface area contributed by atoms with Gasteiger partial charge in [-0.05, 0) is 43.7 Å². The maximum Gasteiger partial charge on any atom is 0.326 e. The van der Waals surface area contributed by atoms with E-state index in [-0.39, 0.29) is 22.9 Å². The van der Waals surface area contributed by atoms with E-state index >= 15 is 0 Å². The molecule has 156 valence electrons. The SMILES string of the molecule is CCCOc1ccc(N(CC(=O)OCC)S(=O)(=O)c2cccc([N+](=O)[O-])c2)cc1. The quantitative estimate of drug-likeness (QED) is 0.328. The molecule has 0 saturated carbocycles. The molecule has 0 radical (unpaired) electrons. The van der Waals surface area contributed by atoms with Crippen molar-refractivity contribution in [1.82, 2.24) is 0 Å². The topological polar surface area (TPSA) is 116 Å². The number of hydrogen-bond donors (Lipinski definition) is 0. The molecule has 2 aromatic rings. The van der Waals surface area contributed by atoms with Crippen LogP contribution in [-0.2, 0) is 19.6 Å². The van der Waals surface area contributed by atoms with Gasteiger partial charge in [0.1, 0.15) is 12.3 Å². The Bertz CT molecular complexity index is 959. The standard InChI is InChI=1S/C19H22N2O7S/c1-3-12-28-17-10-8-15(9-11-17)20(14-19(22)27-4-2)29(25,26)18-7-5-6-16(13-18)21(23)24/h5-11,13H,3-4,12,14H2,1-2H3. The summed E-state index contributed by atoms with van der Waals surface area (Å²) in [6.07, 6.45) is 0.817.